The topological polar surface area (TPSA) is 45.4 Å². The molecule has 0 unspecified atom stereocenters. The summed E-state index contributed by atoms with van der Waals surface area (Å²) in [5.41, 5.74) is 1.06. The van der Waals surface area contributed by atoms with Gasteiger partial charge < -0.3 is 4.84 Å². The van der Waals surface area contributed by atoms with E-state index in [-0.39, 0.29) is 11.5 Å². The van der Waals surface area contributed by atoms with Gasteiger partial charge in [-0.3, -0.25) is 0 Å². The van der Waals surface area contributed by atoms with Crippen LogP contribution in [0.2, 0.25) is 0 Å². The van der Waals surface area contributed by atoms with Crippen molar-refractivity contribution in [2.75, 3.05) is 0 Å². The maximum absolute atomic E-state index is 8.75. The first-order valence-corrected chi connectivity index (χ1v) is 4.85. The smallest absolute Gasteiger partial charge is 0.143 e. The van der Waals surface area contributed by atoms with Crippen LogP contribution in [-0.4, -0.2) is 11.3 Å². The van der Waals surface area contributed by atoms with E-state index in [1.807, 2.05) is 6.92 Å². The first-order chi connectivity index (χ1) is 6.24. The SMILES string of the molecule is CC1=NOC2(CCC(C#N)CC2)C1. The van der Waals surface area contributed by atoms with Crippen LogP contribution >= 0.6 is 0 Å². The summed E-state index contributed by atoms with van der Waals surface area (Å²) in [6, 6.07) is 2.33. The molecule has 0 N–H and O–H groups in total. The Morgan fingerprint density at radius 3 is 2.69 bits per heavy atom. The molecule has 2 aliphatic rings. The second-order valence-electron chi connectivity index (χ2n) is 4.18. The van der Waals surface area contributed by atoms with Crippen molar-refractivity contribution in [3.8, 4) is 6.07 Å². The van der Waals surface area contributed by atoms with E-state index in [2.05, 4.69) is 11.2 Å². The standard InChI is InChI=1S/C10H14N2O/c1-8-6-10(13-12-8)4-2-9(7-11)3-5-10/h9H,2-6H2,1H3. The molecule has 0 atom stereocenters. The van der Waals surface area contributed by atoms with Gasteiger partial charge in [-0.2, -0.15) is 5.26 Å². The molecule has 1 aliphatic carbocycles. The summed E-state index contributed by atoms with van der Waals surface area (Å²) in [7, 11) is 0. The van der Waals surface area contributed by atoms with Gasteiger partial charge in [0.15, 0.2) is 0 Å². The summed E-state index contributed by atoms with van der Waals surface area (Å²) in [5.74, 6) is 0.245. The van der Waals surface area contributed by atoms with Gasteiger partial charge in [-0.25, -0.2) is 0 Å². The largest absolute Gasteiger partial charge is 0.389 e. The summed E-state index contributed by atoms with van der Waals surface area (Å²) < 4.78 is 0. The lowest BCUT2D eigenvalue weighted by molar-refractivity contribution is -0.0501. The molecule has 0 aromatic heterocycles. The summed E-state index contributed by atoms with van der Waals surface area (Å²) in [6.45, 7) is 2.01. The minimum absolute atomic E-state index is 0.0303. The van der Waals surface area contributed by atoms with E-state index in [0.29, 0.717) is 0 Å². The quantitative estimate of drug-likeness (QED) is 0.571. The molecule has 1 aliphatic heterocycles. The zero-order valence-corrected chi connectivity index (χ0v) is 7.92. The van der Waals surface area contributed by atoms with E-state index in [0.717, 1.165) is 37.8 Å². The molecule has 0 bridgehead atoms. The first-order valence-electron chi connectivity index (χ1n) is 4.85. The van der Waals surface area contributed by atoms with Gasteiger partial charge in [0.05, 0.1) is 11.8 Å². The van der Waals surface area contributed by atoms with Crippen LogP contribution in [0.3, 0.4) is 0 Å². The molecule has 3 nitrogen and oxygen atoms in total. The zero-order chi connectivity index (χ0) is 9.31. The van der Waals surface area contributed by atoms with Crippen molar-refractivity contribution in [3.05, 3.63) is 0 Å². The summed E-state index contributed by atoms with van der Waals surface area (Å²) in [6.07, 6.45) is 4.89. The second-order valence-corrected chi connectivity index (χ2v) is 4.18. The summed E-state index contributed by atoms with van der Waals surface area (Å²) in [5, 5.41) is 12.8. The normalized spacial score (nSPS) is 38.2. The fraction of sp³-hybridized carbons (Fsp3) is 0.800. The minimum atomic E-state index is -0.0303. The fourth-order valence-corrected chi connectivity index (χ4v) is 2.25. The Kier molecular flexibility index (Phi) is 1.99. The lowest BCUT2D eigenvalue weighted by Crippen LogP contribution is -2.33. The highest BCUT2D eigenvalue weighted by atomic mass is 16.7. The van der Waals surface area contributed by atoms with E-state index >= 15 is 0 Å². The molecule has 1 spiro atoms. The van der Waals surface area contributed by atoms with Crippen molar-refractivity contribution < 1.29 is 4.84 Å². The number of hydrogen-bond donors (Lipinski definition) is 0. The highest BCUT2D eigenvalue weighted by molar-refractivity contribution is 5.83. The van der Waals surface area contributed by atoms with E-state index in [1.54, 1.807) is 0 Å². The molecule has 1 heterocycles. The highest BCUT2D eigenvalue weighted by Crippen LogP contribution is 2.40. The van der Waals surface area contributed by atoms with Crippen molar-refractivity contribution >= 4 is 5.71 Å². The molecular weight excluding hydrogens is 164 g/mol. The third-order valence-corrected chi connectivity index (χ3v) is 3.05. The maximum atomic E-state index is 8.75. The van der Waals surface area contributed by atoms with Gasteiger partial charge >= 0.3 is 0 Å². The van der Waals surface area contributed by atoms with Crippen LogP contribution in [-0.2, 0) is 4.84 Å². The zero-order valence-electron chi connectivity index (χ0n) is 7.92. The number of rotatable bonds is 0. The number of oxime groups is 1. The molecule has 0 radical (unpaired) electrons. The summed E-state index contributed by atoms with van der Waals surface area (Å²) >= 11 is 0. The maximum Gasteiger partial charge on any atom is 0.143 e. The van der Waals surface area contributed by atoms with Gasteiger partial charge in [0.25, 0.3) is 0 Å². The Labute approximate surface area is 78.4 Å². The van der Waals surface area contributed by atoms with Gasteiger partial charge in [-0.15, -0.1) is 0 Å². The second kappa shape index (κ2) is 3.02. The number of nitrogens with zero attached hydrogens (tertiary/aromatic N) is 2. The van der Waals surface area contributed by atoms with E-state index in [1.165, 1.54) is 0 Å². The molecule has 0 aromatic rings. The molecule has 2 rings (SSSR count). The summed E-state index contributed by atoms with van der Waals surface area (Å²) in [4.78, 5) is 5.47. The Morgan fingerprint density at radius 2 is 2.23 bits per heavy atom. The van der Waals surface area contributed by atoms with E-state index in [9.17, 15) is 0 Å². The van der Waals surface area contributed by atoms with E-state index < -0.39 is 0 Å². The predicted octanol–water partition coefficient (Wildman–Crippen LogP) is 2.24. The Balaban J connectivity index is 1.96. The molecule has 0 saturated heterocycles. The Morgan fingerprint density at radius 1 is 1.54 bits per heavy atom. The molecule has 3 heteroatoms. The Hall–Kier alpha value is -1.04. The molecular formula is C10H14N2O. The van der Waals surface area contributed by atoms with Crippen LogP contribution < -0.4 is 0 Å². The van der Waals surface area contributed by atoms with Gasteiger partial charge in [-0.1, -0.05) is 5.16 Å². The number of nitriles is 1. The van der Waals surface area contributed by atoms with Crippen molar-refractivity contribution in [2.45, 2.75) is 44.6 Å². The third-order valence-electron chi connectivity index (χ3n) is 3.05. The average Bonchev–Trinajstić information content (AvgIpc) is 2.49. The van der Waals surface area contributed by atoms with Gasteiger partial charge in [-0.05, 0) is 32.6 Å². The van der Waals surface area contributed by atoms with Crippen molar-refractivity contribution in [2.24, 2.45) is 11.1 Å². The first kappa shape index (κ1) is 8.55. The molecule has 1 saturated carbocycles. The predicted molar refractivity (Wildman–Crippen MR) is 49.1 cm³/mol. The molecule has 0 aromatic carbocycles. The van der Waals surface area contributed by atoms with Gasteiger partial charge in [0.2, 0.25) is 0 Å². The third kappa shape index (κ3) is 1.53. The van der Waals surface area contributed by atoms with Crippen LogP contribution in [0.5, 0.6) is 0 Å². The fourth-order valence-electron chi connectivity index (χ4n) is 2.25. The minimum Gasteiger partial charge on any atom is -0.389 e. The number of hydrogen-bond acceptors (Lipinski definition) is 3. The van der Waals surface area contributed by atoms with Gasteiger partial charge in [0.1, 0.15) is 5.60 Å². The van der Waals surface area contributed by atoms with Crippen LogP contribution in [0.4, 0.5) is 0 Å². The molecule has 70 valence electrons. The van der Waals surface area contributed by atoms with Crippen LogP contribution in [0, 0.1) is 17.2 Å². The van der Waals surface area contributed by atoms with Crippen LogP contribution in [0.1, 0.15) is 39.0 Å². The average molecular weight is 178 g/mol. The van der Waals surface area contributed by atoms with Crippen LogP contribution in [0.25, 0.3) is 0 Å². The molecule has 0 amide bonds. The van der Waals surface area contributed by atoms with E-state index in [4.69, 9.17) is 10.1 Å². The lowest BCUT2D eigenvalue weighted by Gasteiger charge is -2.32. The highest BCUT2D eigenvalue weighted by Gasteiger charge is 2.41. The van der Waals surface area contributed by atoms with Crippen molar-refractivity contribution in [1.29, 1.82) is 5.26 Å². The van der Waals surface area contributed by atoms with Gasteiger partial charge in [0, 0.05) is 12.3 Å². The molecule has 13 heavy (non-hydrogen) atoms. The Bertz CT molecular complexity index is 269. The van der Waals surface area contributed by atoms with Crippen molar-refractivity contribution in [1.82, 2.24) is 0 Å². The monoisotopic (exact) mass is 178 g/mol. The lowest BCUT2D eigenvalue weighted by atomic mass is 9.77. The van der Waals surface area contributed by atoms with Crippen LogP contribution in [0.15, 0.2) is 5.16 Å². The van der Waals surface area contributed by atoms with Crippen molar-refractivity contribution in [3.63, 3.8) is 0 Å². The molecule has 1 fully saturated rings.